The number of aliphatic imine (C=N–C) groups is 1. The molecule has 0 aliphatic carbocycles. The first-order valence-corrected chi connectivity index (χ1v) is 3.71. The van der Waals surface area contributed by atoms with Crippen molar-refractivity contribution >= 4 is 5.71 Å². The average Bonchev–Trinajstić information content (AvgIpc) is 1.58. The van der Waals surface area contributed by atoms with Gasteiger partial charge in [-0.05, 0) is 40.7 Å². The van der Waals surface area contributed by atoms with Gasteiger partial charge in [0.2, 0.25) is 0 Å². The Morgan fingerprint density at radius 3 is 2.00 bits per heavy atom. The van der Waals surface area contributed by atoms with Crippen LogP contribution in [0.25, 0.3) is 0 Å². The third-order valence-corrected chi connectivity index (χ3v) is 0.959. The Balaban J connectivity index is 4.08. The van der Waals surface area contributed by atoms with E-state index in [0.29, 0.717) is 6.04 Å². The summed E-state index contributed by atoms with van der Waals surface area (Å²) in [4.78, 5) is 4.36. The van der Waals surface area contributed by atoms with Crippen molar-refractivity contribution in [2.75, 3.05) is 0 Å². The van der Waals surface area contributed by atoms with Crippen LogP contribution in [-0.2, 0) is 0 Å². The molecule has 0 aliphatic rings. The van der Waals surface area contributed by atoms with Crippen LogP contribution in [-0.4, -0.2) is 11.8 Å². The van der Waals surface area contributed by atoms with E-state index in [1.807, 2.05) is 6.92 Å². The maximum absolute atomic E-state index is 4.36. The van der Waals surface area contributed by atoms with Crippen molar-refractivity contribution in [3.05, 3.63) is 11.6 Å². The zero-order chi connectivity index (χ0) is 8.15. The predicted molar refractivity (Wildman–Crippen MR) is 47.7 cm³/mol. The van der Waals surface area contributed by atoms with Crippen molar-refractivity contribution in [2.24, 2.45) is 4.99 Å². The van der Waals surface area contributed by atoms with Gasteiger partial charge in [-0.25, -0.2) is 0 Å². The first-order valence-electron chi connectivity index (χ1n) is 3.71. The smallest absolute Gasteiger partial charge is 0.0446 e. The molecule has 1 heteroatoms. The number of rotatable bonds is 2. The Bertz CT molecular complexity index is 148. The molecule has 0 saturated heterocycles. The van der Waals surface area contributed by atoms with E-state index in [1.165, 1.54) is 5.57 Å². The predicted octanol–water partition coefficient (Wildman–Crippen LogP) is 2.82. The topological polar surface area (TPSA) is 12.4 Å². The SMILES string of the molecule is CC(C)=C/C(C)=N\C(C)C. The second-order valence-electron chi connectivity index (χ2n) is 3.09. The molecule has 0 bridgehead atoms. The molecule has 0 N–H and O–H groups in total. The highest BCUT2D eigenvalue weighted by Crippen LogP contribution is 1.94. The molecule has 0 unspecified atom stereocenters. The minimum atomic E-state index is 0.413. The lowest BCUT2D eigenvalue weighted by atomic mass is 10.2. The summed E-state index contributed by atoms with van der Waals surface area (Å²) >= 11 is 0. The summed E-state index contributed by atoms with van der Waals surface area (Å²) in [6.07, 6.45) is 2.10. The number of hydrogen-bond donors (Lipinski definition) is 0. The number of allylic oxidation sites excluding steroid dienone is 2. The molecule has 10 heavy (non-hydrogen) atoms. The van der Waals surface area contributed by atoms with Crippen molar-refractivity contribution in [2.45, 2.75) is 40.7 Å². The van der Waals surface area contributed by atoms with Crippen molar-refractivity contribution < 1.29 is 0 Å². The highest BCUT2D eigenvalue weighted by atomic mass is 14.8. The first kappa shape index (κ1) is 9.41. The minimum absolute atomic E-state index is 0.413. The molecular weight excluding hydrogens is 122 g/mol. The lowest BCUT2D eigenvalue weighted by Gasteiger charge is -1.97. The van der Waals surface area contributed by atoms with Gasteiger partial charge < -0.3 is 0 Å². The van der Waals surface area contributed by atoms with Gasteiger partial charge in [0.15, 0.2) is 0 Å². The van der Waals surface area contributed by atoms with Crippen LogP contribution in [0, 0.1) is 0 Å². The van der Waals surface area contributed by atoms with E-state index in [-0.39, 0.29) is 0 Å². The zero-order valence-electron chi connectivity index (χ0n) is 7.60. The summed E-state index contributed by atoms with van der Waals surface area (Å²) in [5, 5.41) is 0. The molecule has 0 aromatic carbocycles. The minimum Gasteiger partial charge on any atom is -0.287 e. The summed E-state index contributed by atoms with van der Waals surface area (Å²) in [5.41, 5.74) is 2.43. The molecule has 0 rings (SSSR count). The van der Waals surface area contributed by atoms with Crippen molar-refractivity contribution in [1.82, 2.24) is 0 Å². The van der Waals surface area contributed by atoms with Crippen molar-refractivity contribution in [3.8, 4) is 0 Å². The van der Waals surface area contributed by atoms with Crippen LogP contribution >= 0.6 is 0 Å². The van der Waals surface area contributed by atoms with E-state index in [0.717, 1.165) is 5.71 Å². The molecule has 0 aliphatic heterocycles. The second kappa shape index (κ2) is 4.26. The molecule has 0 amide bonds. The second-order valence-corrected chi connectivity index (χ2v) is 3.09. The molecule has 0 fully saturated rings. The summed E-state index contributed by atoms with van der Waals surface area (Å²) in [6, 6.07) is 0.413. The summed E-state index contributed by atoms with van der Waals surface area (Å²) in [6.45, 7) is 10.4. The maximum atomic E-state index is 4.36. The van der Waals surface area contributed by atoms with E-state index in [1.54, 1.807) is 0 Å². The maximum Gasteiger partial charge on any atom is 0.0446 e. The summed E-state index contributed by atoms with van der Waals surface area (Å²) in [5.74, 6) is 0. The van der Waals surface area contributed by atoms with Crippen LogP contribution in [0.1, 0.15) is 34.6 Å². The van der Waals surface area contributed by atoms with E-state index < -0.39 is 0 Å². The van der Waals surface area contributed by atoms with Crippen LogP contribution in [0.5, 0.6) is 0 Å². The van der Waals surface area contributed by atoms with Crippen LogP contribution in [0.15, 0.2) is 16.6 Å². The Labute approximate surface area is 63.9 Å². The summed E-state index contributed by atoms with van der Waals surface area (Å²) in [7, 11) is 0. The van der Waals surface area contributed by atoms with Gasteiger partial charge in [-0.3, -0.25) is 4.99 Å². The van der Waals surface area contributed by atoms with E-state index in [9.17, 15) is 0 Å². The third-order valence-electron chi connectivity index (χ3n) is 0.959. The van der Waals surface area contributed by atoms with Gasteiger partial charge in [-0.1, -0.05) is 5.57 Å². The van der Waals surface area contributed by atoms with Gasteiger partial charge in [-0.2, -0.15) is 0 Å². The van der Waals surface area contributed by atoms with Gasteiger partial charge in [0.25, 0.3) is 0 Å². The highest BCUT2D eigenvalue weighted by Gasteiger charge is 1.88. The van der Waals surface area contributed by atoms with E-state index in [4.69, 9.17) is 0 Å². The molecule has 0 atom stereocenters. The molecule has 0 aromatic rings. The van der Waals surface area contributed by atoms with Crippen LogP contribution in [0.4, 0.5) is 0 Å². The Morgan fingerprint density at radius 2 is 1.70 bits per heavy atom. The molecule has 1 nitrogen and oxygen atoms in total. The van der Waals surface area contributed by atoms with Gasteiger partial charge in [0.05, 0.1) is 0 Å². The fourth-order valence-electron chi connectivity index (χ4n) is 0.862. The molecule has 0 spiro atoms. The average molecular weight is 139 g/mol. The molecular formula is C9H17N. The third kappa shape index (κ3) is 5.54. The molecule has 0 heterocycles. The van der Waals surface area contributed by atoms with Crippen molar-refractivity contribution in [3.63, 3.8) is 0 Å². The quantitative estimate of drug-likeness (QED) is 0.522. The molecule has 0 radical (unpaired) electrons. The Morgan fingerprint density at radius 1 is 1.20 bits per heavy atom. The fraction of sp³-hybridized carbons (Fsp3) is 0.667. The first-order chi connectivity index (χ1) is 4.52. The molecule has 0 aromatic heterocycles. The van der Waals surface area contributed by atoms with Gasteiger partial charge in [-0.15, -0.1) is 0 Å². The van der Waals surface area contributed by atoms with Gasteiger partial charge in [0, 0.05) is 11.8 Å². The lowest BCUT2D eigenvalue weighted by molar-refractivity contribution is 0.836. The summed E-state index contributed by atoms with van der Waals surface area (Å²) < 4.78 is 0. The van der Waals surface area contributed by atoms with Crippen LogP contribution in [0.3, 0.4) is 0 Å². The van der Waals surface area contributed by atoms with Gasteiger partial charge in [0.1, 0.15) is 0 Å². The fourth-order valence-corrected chi connectivity index (χ4v) is 0.862. The Kier molecular flexibility index (Phi) is 4.01. The van der Waals surface area contributed by atoms with E-state index >= 15 is 0 Å². The lowest BCUT2D eigenvalue weighted by Crippen LogP contribution is -1.94. The molecule has 0 saturated carbocycles. The zero-order valence-corrected chi connectivity index (χ0v) is 7.60. The largest absolute Gasteiger partial charge is 0.287 e. The number of nitrogens with zero attached hydrogens (tertiary/aromatic N) is 1. The Hall–Kier alpha value is -0.590. The monoisotopic (exact) mass is 139 g/mol. The van der Waals surface area contributed by atoms with Crippen LogP contribution in [0.2, 0.25) is 0 Å². The molecule has 58 valence electrons. The van der Waals surface area contributed by atoms with Crippen molar-refractivity contribution in [1.29, 1.82) is 0 Å². The highest BCUT2D eigenvalue weighted by molar-refractivity contribution is 5.93. The van der Waals surface area contributed by atoms with E-state index in [2.05, 4.69) is 38.8 Å². The number of hydrogen-bond acceptors (Lipinski definition) is 1. The van der Waals surface area contributed by atoms with Crippen LogP contribution < -0.4 is 0 Å². The standard InChI is InChI=1S/C9H17N/c1-7(2)6-9(5)10-8(3)4/h6,8H,1-5H3/b10-9-. The van der Waals surface area contributed by atoms with Gasteiger partial charge >= 0.3 is 0 Å². The normalized spacial score (nSPS) is 12.0.